The van der Waals surface area contributed by atoms with E-state index in [1.54, 1.807) is 12.1 Å². The molecule has 6 rings (SSSR count). The third-order valence-electron chi connectivity index (χ3n) is 7.95. The number of halogens is 1. The highest BCUT2D eigenvalue weighted by Gasteiger charge is 2.58. The number of primary amides is 1. The number of carbonyl (C=O) groups excluding carboxylic acids is 2. The Labute approximate surface area is 181 Å². The van der Waals surface area contributed by atoms with Gasteiger partial charge in [0.2, 0.25) is 11.8 Å². The molecule has 4 bridgehead atoms. The number of amides is 2. The zero-order valence-corrected chi connectivity index (χ0v) is 18.0. The Morgan fingerprint density at radius 1 is 1.17 bits per heavy atom. The number of nitrogens with one attached hydrogen (secondary N) is 1. The van der Waals surface area contributed by atoms with Crippen molar-refractivity contribution in [1.82, 2.24) is 10.2 Å². The van der Waals surface area contributed by atoms with Crippen molar-refractivity contribution >= 4 is 23.6 Å². The summed E-state index contributed by atoms with van der Waals surface area (Å²) >= 11 is 1.82. The van der Waals surface area contributed by atoms with Gasteiger partial charge >= 0.3 is 0 Å². The summed E-state index contributed by atoms with van der Waals surface area (Å²) in [6.07, 6.45) is 4.82. The predicted molar refractivity (Wildman–Crippen MR) is 115 cm³/mol. The van der Waals surface area contributed by atoms with Gasteiger partial charge in [0.1, 0.15) is 5.82 Å². The number of benzene rings is 1. The van der Waals surface area contributed by atoms with Gasteiger partial charge < -0.3 is 11.1 Å². The van der Waals surface area contributed by atoms with Crippen LogP contribution < -0.4 is 11.1 Å². The SMILES string of the molecule is NC(=O)C12CC3CC(C1)C(NC(=O)C1CSCCN1Cc1ccc(F)cc1)C(C3)C2. The van der Waals surface area contributed by atoms with Crippen molar-refractivity contribution in [2.75, 3.05) is 18.1 Å². The van der Waals surface area contributed by atoms with E-state index in [0.717, 1.165) is 55.7 Å². The van der Waals surface area contributed by atoms with E-state index < -0.39 is 0 Å². The summed E-state index contributed by atoms with van der Waals surface area (Å²) in [5, 5.41) is 3.41. The second kappa shape index (κ2) is 7.83. The molecule has 1 aliphatic heterocycles. The molecule has 162 valence electrons. The van der Waals surface area contributed by atoms with E-state index >= 15 is 0 Å². The molecule has 2 amide bonds. The van der Waals surface area contributed by atoms with Gasteiger partial charge in [-0.25, -0.2) is 4.39 Å². The van der Waals surface area contributed by atoms with Crippen LogP contribution in [0.3, 0.4) is 0 Å². The van der Waals surface area contributed by atoms with E-state index in [2.05, 4.69) is 10.2 Å². The standard InChI is InChI=1S/C23H30FN3O2S/c24-18-3-1-14(2-4-18)12-27-5-6-30-13-19(27)21(28)26-20-16-7-15-8-17(20)11-23(9-15,10-16)22(25)29/h1-4,15-17,19-20H,5-13H2,(H2,25,29)(H,26,28). The molecule has 5 aliphatic rings. The maximum Gasteiger partial charge on any atom is 0.238 e. The maximum atomic E-state index is 13.3. The van der Waals surface area contributed by atoms with Crippen LogP contribution >= 0.6 is 11.8 Å². The Bertz CT molecular complexity index is 816. The summed E-state index contributed by atoms with van der Waals surface area (Å²) in [5.41, 5.74) is 6.50. The largest absolute Gasteiger partial charge is 0.369 e. The first-order valence-corrected chi connectivity index (χ1v) is 12.3. The molecule has 5 fully saturated rings. The van der Waals surface area contributed by atoms with Gasteiger partial charge in [-0.2, -0.15) is 11.8 Å². The lowest BCUT2D eigenvalue weighted by molar-refractivity contribution is -0.148. The molecule has 0 aromatic heterocycles. The molecule has 4 saturated carbocycles. The summed E-state index contributed by atoms with van der Waals surface area (Å²) < 4.78 is 13.2. The van der Waals surface area contributed by atoms with E-state index in [4.69, 9.17) is 5.73 Å². The molecule has 3 atom stereocenters. The molecule has 1 heterocycles. The number of nitrogens with two attached hydrogens (primary N) is 1. The Kier molecular flexibility index (Phi) is 5.30. The second-order valence-corrected chi connectivity index (χ2v) is 11.0. The average Bonchev–Trinajstić information content (AvgIpc) is 2.72. The molecule has 0 radical (unpaired) electrons. The minimum absolute atomic E-state index is 0.106. The molecule has 4 aliphatic carbocycles. The minimum atomic E-state index is -0.326. The van der Waals surface area contributed by atoms with Gasteiger partial charge in [-0.3, -0.25) is 14.5 Å². The quantitative estimate of drug-likeness (QED) is 0.751. The van der Waals surface area contributed by atoms with Gasteiger partial charge in [-0.1, -0.05) is 12.1 Å². The van der Waals surface area contributed by atoms with E-state index in [0.29, 0.717) is 24.3 Å². The fraction of sp³-hybridized carbons (Fsp3) is 0.652. The van der Waals surface area contributed by atoms with Crippen LogP contribution in [0.5, 0.6) is 0 Å². The molecule has 3 unspecified atom stereocenters. The molecular formula is C23H30FN3O2S. The number of hydrogen-bond acceptors (Lipinski definition) is 4. The van der Waals surface area contributed by atoms with Crippen molar-refractivity contribution in [3.63, 3.8) is 0 Å². The van der Waals surface area contributed by atoms with E-state index in [1.807, 2.05) is 11.8 Å². The monoisotopic (exact) mass is 431 g/mol. The maximum absolute atomic E-state index is 13.3. The van der Waals surface area contributed by atoms with Crippen LogP contribution in [-0.2, 0) is 16.1 Å². The van der Waals surface area contributed by atoms with Crippen LogP contribution in [0.25, 0.3) is 0 Å². The molecular weight excluding hydrogens is 401 g/mol. The summed E-state index contributed by atoms with van der Waals surface area (Å²) in [4.78, 5) is 27.7. The van der Waals surface area contributed by atoms with Crippen molar-refractivity contribution in [2.24, 2.45) is 28.9 Å². The molecule has 1 aromatic carbocycles. The molecule has 7 heteroatoms. The minimum Gasteiger partial charge on any atom is -0.369 e. The highest BCUT2D eigenvalue weighted by molar-refractivity contribution is 7.99. The van der Waals surface area contributed by atoms with Crippen LogP contribution in [0.1, 0.15) is 37.7 Å². The van der Waals surface area contributed by atoms with Crippen LogP contribution in [0.15, 0.2) is 24.3 Å². The molecule has 30 heavy (non-hydrogen) atoms. The van der Waals surface area contributed by atoms with E-state index in [1.165, 1.54) is 12.1 Å². The summed E-state index contributed by atoms with van der Waals surface area (Å²) in [6, 6.07) is 6.55. The fourth-order valence-corrected chi connectivity index (χ4v) is 7.83. The van der Waals surface area contributed by atoms with Crippen molar-refractivity contribution in [2.45, 2.75) is 50.7 Å². The third kappa shape index (κ3) is 3.64. The molecule has 0 spiro atoms. The van der Waals surface area contributed by atoms with Crippen molar-refractivity contribution in [1.29, 1.82) is 0 Å². The molecule has 3 N–H and O–H groups in total. The van der Waals surface area contributed by atoms with Crippen molar-refractivity contribution in [3.8, 4) is 0 Å². The van der Waals surface area contributed by atoms with E-state index in [-0.39, 0.29) is 35.1 Å². The van der Waals surface area contributed by atoms with Gasteiger partial charge in [0.25, 0.3) is 0 Å². The summed E-state index contributed by atoms with van der Waals surface area (Å²) in [5.74, 6) is 2.84. The number of carbonyl (C=O) groups is 2. The topological polar surface area (TPSA) is 75.4 Å². The highest BCUT2D eigenvalue weighted by atomic mass is 32.2. The van der Waals surface area contributed by atoms with Gasteiger partial charge in [0, 0.05) is 36.1 Å². The lowest BCUT2D eigenvalue weighted by Crippen LogP contribution is -2.64. The lowest BCUT2D eigenvalue weighted by atomic mass is 9.47. The third-order valence-corrected chi connectivity index (χ3v) is 8.97. The van der Waals surface area contributed by atoms with Crippen LogP contribution in [0.2, 0.25) is 0 Å². The first-order chi connectivity index (χ1) is 14.4. The first-order valence-electron chi connectivity index (χ1n) is 11.1. The average molecular weight is 432 g/mol. The Hall–Kier alpha value is -1.60. The number of nitrogens with zero attached hydrogens (tertiary/aromatic N) is 1. The van der Waals surface area contributed by atoms with Crippen LogP contribution in [0, 0.1) is 29.0 Å². The Balaban J connectivity index is 1.27. The first kappa shape index (κ1) is 20.3. The molecule has 5 nitrogen and oxygen atoms in total. The fourth-order valence-electron chi connectivity index (χ4n) is 6.72. The zero-order chi connectivity index (χ0) is 20.9. The zero-order valence-electron chi connectivity index (χ0n) is 17.2. The normalized spacial score (nSPS) is 37.8. The smallest absolute Gasteiger partial charge is 0.238 e. The number of rotatable bonds is 5. The lowest BCUT2D eigenvalue weighted by Gasteiger charge is -2.59. The van der Waals surface area contributed by atoms with E-state index in [9.17, 15) is 14.0 Å². The summed E-state index contributed by atoms with van der Waals surface area (Å²) in [7, 11) is 0. The highest BCUT2D eigenvalue weighted by Crippen LogP contribution is 2.59. The summed E-state index contributed by atoms with van der Waals surface area (Å²) in [6.45, 7) is 1.51. The molecule has 1 saturated heterocycles. The Morgan fingerprint density at radius 2 is 1.87 bits per heavy atom. The van der Waals surface area contributed by atoms with Crippen LogP contribution in [0.4, 0.5) is 4.39 Å². The van der Waals surface area contributed by atoms with Gasteiger partial charge in [-0.15, -0.1) is 0 Å². The number of hydrogen-bond donors (Lipinski definition) is 2. The predicted octanol–water partition coefficient (Wildman–Crippen LogP) is 2.54. The van der Waals surface area contributed by atoms with Crippen molar-refractivity contribution < 1.29 is 14.0 Å². The van der Waals surface area contributed by atoms with Crippen LogP contribution in [-0.4, -0.2) is 46.8 Å². The van der Waals surface area contributed by atoms with Gasteiger partial charge in [-0.05, 0) is 67.6 Å². The van der Waals surface area contributed by atoms with Gasteiger partial charge in [0.15, 0.2) is 0 Å². The van der Waals surface area contributed by atoms with Crippen molar-refractivity contribution in [3.05, 3.63) is 35.6 Å². The Morgan fingerprint density at radius 3 is 2.53 bits per heavy atom. The second-order valence-electron chi connectivity index (χ2n) is 9.84. The molecule has 1 aromatic rings. The van der Waals surface area contributed by atoms with Gasteiger partial charge in [0.05, 0.1) is 6.04 Å². The number of thioether (sulfide) groups is 1.